The van der Waals surface area contributed by atoms with Crippen molar-refractivity contribution in [1.82, 2.24) is 10.2 Å². The third-order valence-corrected chi connectivity index (χ3v) is 4.11. The Kier molecular flexibility index (Phi) is 2.89. The molecule has 92 valence electrons. The number of halogens is 1. The van der Waals surface area contributed by atoms with E-state index in [4.69, 9.17) is 0 Å². The van der Waals surface area contributed by atoms with Gasteiger partial charge in [0.05, 0.1) is 0 Å². The summed E-state index contributed by atoms with van der Waals surface area (Å²) in [6.45, 7) is 6.50. The fourth-order valence-electron chi connectivity index (χ4n) is 3.21. The smallest absolute Gasteiger partial charge is 0.123 e. The Labute approximate surface area is 102 Å². The molecule has 2 unspecified atom stereocenters. The molecule has 1 aliphatic carbocycles. The van der Waals surface area contributed by atoms with Crippen molar-refractivity contribution in [3.8, 4) is 0 Å². The lowest BCUT2D eigenvalue weighted by Gasteiger charge is -2.33. The van der Waals surface area contributed by atoms with Crippen LogP contribution in [0.5, 0.6) is 0 Å². The molecular formula is C14H19FN2. The highest BCUT2D eigenvalue weighted by atomic mass is 19.1. The fraction of sp³-hybridized carbons (Fsp3) is 0.571. The number of hydrogen-bond donors (Lipinski definition) is 1. The standard InChI is InChI=1S/C14H19FN2/c1-10-8-14(17-6-4-16-5-7-17)13-9-11(15)2-3-12(10)13/h2-3,9-10,14,16H,4-8H2,1H3. The van der Waals surface area contributed by atoms with Crippen molar-refractivity contribution in [3.05, 3.63) is 35.1 Å². The molecule has 0 radical (unpaired) electrons. The van der Waals surface area contributed by atoms with Crippen molar-refractivity contribution in [1.29, 1.82) is 0 Å². The van der Waals surface area contributed by atoms with Gasteiger partial charge in [0.2, 0.25) is 0 Å². The van der Waals surface area contributed by atoms with E-state index < -0.39 is 0 Å². The molecule has 3 heteroatoms. The molecule has 1 heterocycles. The summed E-state index contributed by atoms with van der Waals surface area (Å²) in [5.74, 6) is 0.462. The van der Waals surface area contributed by atoms with Crippen LogP contribution in [0, 0.1) is 5.82 Å². The zero-order valence-electron chi connectivity index (χ0n) is 10.2. The summed E-state index contributed by atoms with van der Waals surface area (Å²) in [6, 6.07) is 5.73. The topological polar surface area (TPSA) is 15.3 Å². The Morgan fingerprint density at radius 3 is 2.76 bits per heavy atom. The van der Waals surface area contributed by atoms with E-state index in [-0.39, 0.29) is 5.82 Å². The van der Waals surface area contributed by atoms with E-state index in [1.807, 2.05) is 6.07 Å². The normalized spacial score (nSPS) is 29.3. The molecule has 2 atom stereocenters. The first-order chi connectivity index (χ1) is 8.25. The first-order valence-corrected chi connectivity index (χ1v) is 6.50. The van der Waals surface area contributed by atoms with Gasteiger partial charge in [0.25, 0.3) is 0 Å². The van der Waals surface area contributed by atoms with Gasteiger partial charge in [-0.2, -0.15) is 0 Å². The largest absolute Gasteiger partial charge is 0.314 e. The van der Waals surface area contributed by atoms with Crippen molar-refractivity contribution in [2.24, 2.45) is 0 Å². The molecule has 1 N–H and O–H groups in total. The van der Waals surface area contributed by atoms with Gasteiger partial charge >= 0.3 is 0 Å². The molecule has 1 aromatic carbocycles. The fourth-order valence-corrected chi connectivity index (χ4v) is 3.21. The highest BCUT2D eigenvalue weighted by molar-refractivity contribution is 5.38. The van der Waals surface area contributed by atoms with E-state index >= 15 is 0 Å². The molecule has 0 saturated carbocycles. The average Bonchev–Trinajstić information content (AvgIpc) is 2.67. The molecule has 3 rings (SSSR count). The van der Waals surface area contributed by atoms with Gasteiger partial charge in [-0.3, -0.25) is 4.90 Å². The van der Waals surface area contributed by atoms with Crippen LogP contribution in [0.2, 0.25) is 0 Å². The number of rotatable bonds is 1. The maximum Gasteiger partial charge on any atom is 0.123 e. The second kappa shape index (κ2) is 4.39. The lowest BCUT2D eigenvalue weighted by Crippen LogP contribution is -2.44. The second-order valence-corrected chi connectivity index (χ2v) is 5.21. The van der Waals surface area contributed by atoms with E-state index in [1.54, 1.807) is 12.1 Å². The summed E-state index contributed by atoms with van der Waals surface area (Å²) in [4.78, 5) is 2.50. The molecule has 1 aliphatic heterocycles. The van der Waals surface area contributed by atoms with Crippen molar-refractivity contribution in [2.45, 2.75) is 25.3 Å². The van der Waals surface area contributed by atoms with Gasteiger partial charge in [-0.05, 0) is 35.6 Å². The molecule has 2 nitrogen and oxygen atoms in total. The Hall–Kier alpha value is -0.930. The minimum Gasteiger partial charge on any atom is -0.314 e. The van der Waals surface area contributed by atoms with Crippen LogP contribution in [0.4, 0.5) is 4.39 Å². The van der Waals surface area contributed by atoms with Gasteiger partial charge in [0.1, 0.15) is 5.82 Å². The Balaban J connectivity index is 1.91. The van der Waals surface area contributed by atoms with E-state index in [2.05, 4.69) is 17.1 Å². The zero-order chi connectivity index (χ0) is 11.8. The van der Waals surface area contributed by atoms with Crippen LogP contribution in [-0.4, -0.2) is 31.1 Å². The molecule has 1 saturated heterocycles. The number of nitrogens with zero attached hydrogens (tertiary/aromatic N) is 1. The number of hydrogen-bond acceptors (Lipinski definition) is 2. The van der Waals surface area contributed by atoms with Crippen LogP contribution >= 0.6 is 0 Å². The van der Waals surface area contributed by atoms with E-state index in [0.717, 1.165) is 32.6 Å². The molecule has 1 fully saturated rings. The quantitative estimate of drug-likeness (QED) is 0.802. The lowest BCUT2D eigenvalue weighted by atomic mass is 10.0. The molecular weight excluding hydrogens is 215 g/mol. The maximum atomic E-state index is 13.4. The summed E-state index contributed by atoms with van der Waals surface area (Å²) >= 11 is 0. The number of benzene rings is 1. The van der Waals surface area contributed by atoms with Crippen LogP contribution in [0.1, 0.15) is 36.4 Å². The Morgan fingerprint density at radius 2 is 2.00 bits per heavy atom. The van der Waals surface area contributed by atoms with Crippen LogP contribution in [0.15, 0.2) is 18.2 Å². The summed E-state index contributed by atoms with van der Waals surface area (Å²) in [5, 5.41) is 3.37. The van der Waals surface area contributed by atoms with Gasteiger partial charge in [-0.25, -0.2) is 4.39 Å². The van der Waals surface area contributed by atoms with Crippen LogP contribution in [0.25, 0.3) is 0 Å². The summed E-state index contributed by atoms with van der Waals surface area (Å²) in [7, 11) is 0. The van der Waals surface area contributed by atoms with E-state index in [9.17, 15) is 4.39 Å². The van der Waals surface area contributed by atoms with Crippen molar-refractivity contribution < 1.29 is 4.39 Å². The van der Waals surface area contributed by atoms with Gasteiger partial charge in [-0.1, -0.05) is 13.0 Å². The third kappa shape index (κ3) is 1.98. The Bertz CT molecular complexity index is 413. The molecule has 2 aliphatic rings. The third-order valence-electron chi connectivity index (χ3n) is 4.11. The lowest BCUT2D eigenvalue weighted by molar-refractivity contribution is 0.170. The first kappa shape index (κ1) is 11.2. The number of piperazine rings is 1. The molecule has 0 amide bonds. The highest BCUT2D eigenvalue weighted by Crippen LogP contribution is 2.43. The molecule has 17 heavy (non-hydrogen) atoms. The van der Waals surface area contributed by atoms with Crippen molar-refractivity contribution >= 4 is 0 Å². The molecule has 0 bridgehead atoms. The van der Waals surface area contributed by atoms with E-state index in [1.165, 1.54) is 11.1 Å². The van der Waals surface area contributed by atoms with Crippen molar-refractivity contribution in [2.75, 3.05) is 26.2 Å². The minimum absolute atomic E-state index is 0.0991. The predicted molar refractivity (Wildman–Crippen MR) is 66.6 cm³/mol. The summed E-state index contributed by atoms with van der Waals surface area (Å²) < 4.78 is 13.4. The average molecular weight is 234 g/mol. The van der Waals surface area contributed by atoms with E-state index in [0.29, 0.717) is 12.0 Å². The Morgan fingerprint density at radius 1 is 1.24 bits per heavy atom. The number of fused-ring (bicyclic) bond motifs is 1. The van der Waals surface area contributed by atoms with Gasteiger partial charge in [0, 0.05) is 32.2 Å². The summed E-state index contributed by atoms with van der Waals surface area (Å²) in [5.41, 5.74) is 2.56. The first-order valence-electron chi connectivity index (χ1n) is 6.50. The SMILES string of the molecule is CC1CC(N2CCNCC2)c2cc(F)ccc21. The second-order valence-electron chi connectivity index (χ2n) is 5.21. The number of nitrogens with one attached hydrogen (secondary N) is 1. The molecule has 0 aromatic heterocycles. The van der Waals surface area contributed by atoms with Gasteiger partial charge < -0.3 is 5.32 Å². The van der Waals surface area contributed by atoms with Crippen LogP contribution in [0.3, 0.4) is 0 Å². The van der Waals surface area contributed by atoms with Crippen LogP contribution < -0.4 is 5.32 Å². The monoisotopic (exact) mass is 234 g/mol. The molecule has 1 aromatic rings. The zero-order valence-corrected chi connectivity index (χ0v) is 10.2. The minimum atomic E-state index is -0.0991. The van der Waals surface area contributed by atoms with Crippen molar-refractivity contribution in [3.63, 3.8) is 0 Å². The maximum absolute atomic E-state index is 13.4. The molecule has 0 spiro atoms. The highest BCUT2D eigenvalue weighted by Gasteiger charge is 2.32. The van der Waals surface area contributed by atoms with Gasteiger partial charge in [-0.15, -0.1) is 0 Å². The van der Waals surface area contributed by atoms with Crippen LogP contribution in [-0.2, 0) is 0 Å². The predicted octanol–water partition coefficient (Wildman–Crippen LogP) is 2.28. The van der Waals surface area contributed by atoms with Gasteiger partial charge in [0.15, 0.2) is 0 Å². The summed E-state index contributed by atoms with van der Waals surface area (Å²) in [6.07, 6.45) is 1.14.